The molecule has 18 heavy (non-hydrogen) atoms. The fourth-order valence-corrected chi connectivity index (χ4v) is 4.18. The quantitative estimate of drug-likeness (QED) is 0.861. The molecule has 100 valence electrons. The Hall–Kier alpha value is -0.450. The van der Waals surface area contributed by atoms with Crippen molar-refractivity contribution < 1.29 is 9.52 Å². The Kier molecular flexibility index (Phi) is 3.43. The summed E-state index contributed by atoms with van der Waals surface area (Å²) in [4.78, 5) is 1.25. The Morgan fingerprint density at radius 3 is 2.94 bits per heavy atom. The van der Waals surface area contributed by atoms with Crippen molar-refractivity contribution >= 4 is 11.8 Å². The summed E-state index contributed by atoms with van der Waals surface area (Å²) in [6, 6.07) is 2.71. The van der Waals surface area contributed by atoms with E-state index in [9.17, 15) is 5.11 Å². The van der Waals surface area contributed by atoms with Crippen LogP contribution in [0.1, 0.15) is 37.9 Å². The van der Waals surface area contributed by atoms with Crippen LogP contribution >= 0.6 is 11.8 Å². The molecule has 2 atom stereocenters. The standard InChI is InChI=1S/C14H21NO2S/c1-10-13(5-7-17-10)18-12-4-6-14(8-12,9-16)15-11-2-3-11/h5,7,11-12,15-16H,2-4,6,8-9H2,1H3. The van der Waals surface area contributed by atoms with E-state index in [2.05, 4.69) is 5.32 Å². The number of furan rings is 1. The Bertz CT molecular complexity index is 416. The van der Waals surface area contributed by atoms with E-state index in [1.807, 2.05) is 24.8 Å². The lowest BCUT2D eigenvalue weighted by atomic mass is 9.99. The molecule has 0 aromatic carbocycles. The summed E-state index contributed by atoms with van der Waals surface area (Å²) >= 11 is 1.90. The van der Waals surface area contributed by atoms with Crippen molar-refractivity contribution in [2.75, 3.05) is 6.61 Å². The van der Waals surface area contributed by atoms with Gasteiger partial charge in [-0.05, 0) is 45.1 Å². The molecule has 0 radical (unpaired) electrons. The van der Waals surface area contributed by atoms with Gasteiger partial charge in [0.25, 0.3) is 0 Å². The van der Waals surface area contributed by atoms with Crippen LogP contribution in [0.25, 0.3) is 0 Å². The number of hydrogen-bond acceptors (Lipinski definition) is 4. The molecule has 0 aliphatic heterocycles. The van der Waals surface area contributed by atoms with Crippen molar-refractivity contribution in [3.63, 3.8) is 0 Å². The highest BCUT2D eigenvalue weighted by Crippen LogP contribution is 2.42. The number of thioether (sulfide) groups is 1. The highest BCUT2D eigenvalue weighted by atomic mass is 32.2. The topological polar surface area (TPSA) is 45.4 Å². The fourth-order valence-electron chi connectivity index (χ4n) is 2.83. The summed E-state index contributed by atoms with van der Waals surface area (Å²) in [7, 11) is 0. The molecule has 4 heteroatoms. The summed E-state index contributed by atoms with van der Waals surface area (Å²) in [6.45, 7) is 2.28. The Morgan fingerprint density at radius 1 is 1.50 bits per heavy atom. The van der Waals surface area contributed by atoms with Crippen LogP contribution in [0, 0.1) is 6.92 Å². The average molecular weight is 267 g/mol. The predicted octanol–water partition coefficient (Wildman–Crippen LogP) is 2.72. The summed E-state index contributed by atoms with van der Waals surface area (Å²) in [5.74, 6) is 1.01. The van der Waals surface area contributed by atoms with Gasteiger partial charge in [-0.3, -0.25) is 0 Å². The lowest BCUT2D eigenvalue weighted by Gasteiger charge is -2.28. The molecule has 2 N–H and O–H groups in total. The highest BCUT2D eigenvalue weighted by Gasteiger charge is 2.42. The van der Waals surface area contributed by atoms with Gasteiger partial charge < -0.3 is 14.8 Å². The fraction of sp³-hybridized carbons (Fsp3) is 0.714. The number of aliphatic hydroxyl groups is 1. The zero-order chi connectivity index (χ0) is 12.6. The maximum atomic E-state index is 9.70. The van der Waals surface area contributed by atoms with Crippen LogP contribution in [0.15, 0.2) is 21.6 Å². The molecule has 2 aliphatic rings. The van der Waals surface area contributed by atoms with E-state index in [-0.39, 0.29) is 12.1 Å². The van der Waals surface area contributed by atoms with Crippen LogP contribution in [-0.4, -0.2) is 28.5 Å². The number of aliphatic hydroxyl groups excluding tert-OH is 1. The van der Waals surface area contributed by atoms with Crippen molar-refractivity contribution in [2.45, 2.75) is 60.8 Å². The minimum absolute atomic E-state index is 0.0174. The van der Waals surface area contributed by atoms with Crippen LogP contribution in [0.5, 0.6) is 0 Å². The SMILES string of the molecule is Cc1occc1SC1CCC(CO)(NC2CC2)C1. The first-order valence-electron chi connectivity index (χ1n) is 6.80. The Morgan fingerprint density at radius 2 is 2.33 bits per heavy atom. The largest absolute Gasteiger partial charge is 0.468 e. The number of rotatable bonds is 5. The molecule has 0 bridgehead atoms. The van der Waals surface area contributed by atoms with Gasteiger partial charge in [0.1, 0.15) is 5.76 Å². The monoisotopic (exact) mass is 267 g/mol. The van der Waals surface area contributed by atoms with E-state index in [1.54, 1.807) is 6.26 Å². The van der Waals surface area contributed by atoms with Gasteiger partial charge in [0.05, 0.1) is 12.9 Å². The summed E-state index contributed by atoms with van der Waals surface area (Å²) in [6.07, 6.45) is 7.65. The van der Waals surface area contributed by atoms with E-state index in [1.165, 1.54) is 24.2 Å². The van der Waals surface area contributed by atoms with E-state index < -0.39 is 0 Å². The molecule has 3 rings (SSSR count). The third-order valence-electron chi connectivity index (χ3n) is 4.06. The van der Waals surface area contributed by atoms with Crippen LogP contribution in [0.2, 0.25) is 0 Å². The molecule has 0 amide bonds. The number of nitrogens with one attached hydrogen (secondary N) is 1. The van der Waals surface area contributed by atoms with Crippen molar-refractivity contribution in [3.8, 4) is 0 Å². The van der Waals surface area contributed by atoms with Gasteiger partial charge in [0, 0.05) is 21.7 Å². The molecule has 1 heterocycles. The molecular formula is C14H21NO2S. The molecular weight excluding hydrogens is 246 g/mol. The summed E-state index contributed by atoms with van der Waals surface area (Å²) in [5.41, 5.74) is -0.0174. The maximum Gasteiger partial charge on any atom is 0.114 e. The van der Waals surface area contributed by atoms with E-state index in [4.69, 9.17) is 4.42 Å². The van der Waals surface area contributed by atoms with E-state index in [0.717, 1.165) is 18.6 Å². The first-order valence-corrected chi connectivity index (χ1v) is 7.68. The third kappa shape index (κ3) is 2.60. The summed E-state index contributed by atoms with van der Waals surface area (Å²) in [5, 5.41) is 14.0. The van der Waals surface area contributed by atoms with Crippen molar-refractivity contribution in [3.05, 3.63) is 18.1 Å². The molecule has 2 unspecified atom stereocenters. The molecule has 1 aromatic rings. The molecule has 1 aromatic heterocycles. The molecule has 2 aliphatic carbocycles. The van der Waals surface area contributed by atoms with Crippen LogP contribution in [0.3, 0.4) is 0 Å². The zero-order valence-corrected chi connectivity index (χ0v) is 11.6. The first kappa shape index (κ1) is 12.6. The first-order chi connectivity index (χ1) is 8.71. The van der Waals surface area contributed by atoms with Gasteiger partial charge in [0.15, 0.2) is 0 Å². The normalized spacial score (nSPS) is 32.0. The second-order valence-electron chi connectivity index (χ2n) is 5.68. The van der Waals surface area contributed by atoms with Crippen molar-refractivity contribution in [1.29, 1.82) is 0 Å². The van der Waals surface area contributed by atoms with E-state index >= 15 is 0 Å². The average Bonchev–Trinajstić information content (AvgIpc) is 2.94. The second-order valence-corrected chi connectivity index (χ2v) is 7.02. The molecule has 0 spiro atoms. The highest BCUT2D eigenvalue weighted by molar-refractivity contribution is 8.00. The predicted molar refractivity (Wildman–Crippen MR) is 72.9 cm³/mol. The lowest BCUT2D eigenvalue weighted by Crippen LogP contribution is -2.47. The van der Waals surface area contributed by atoms with Crippen LogP contribution in [-0.2, 0) is 0 Å². The Labute approximate surface area is 112 Å². The van der Waals surface area contributed by atoms with Gasteiger partial charge in [-0.25, -0.2) is 0 Å². The number of aryl methyl sites for hydroxylation is 1. The molecule has 2 saturated carbocycles. The number of hydrogen-bond donors (Lipinski definition) is 2. The lowest BCUT2D eigenvalue weighted by molar-refractivity contribution is 0.163. The van der Waals surface area contributed by atoms with E-state index in [0.29, 0.717) is 11.3 Å². The molecule has 2 fully saturated rings. The molecule has 3 nitrogen and oxygen atoms in total. The van der Waals surface area contributed by atoms with Gasteiger partial charge in [-0.2, -0.15) is 0 Å². The minimum atomic E-state index is -0.0174. The maximum absolute atomic E-state index is 9.70. The van der Waals surface area contributed by atoms with Crippen molar-refractivity contribution in [1.82, 2.24) is 5.32 Å². The zero-order valence-electron chi connectivity index (χ0n) is 10.8. The smallest absolute Gasteiger partial charge is 0.114 e. The Balaban J connectivity index is 1.61. The van der Waals surface area contributed by atoms with Crippen LogP contribution < -0.4 is 5.32 Å². The van der Waals surface area contributed by atoms with Crippen LogP contribution in [0.4, 0.5) is 0 Å². The second kappa shape index (κ2) is 4.91. The summed E-state index contributed by atoms with van der Waals surface area (Å²) < 4.78 is 5.34. The van der Waals surface area contributed by atoms with Gasteiger partial charge in [0.2, 0.25) is 0 Å². The van der Waals surface area contributed by atoms with Gasteiger partial charge >= 0.3 is 0 Å². The van der Waals surface area contributed by atoms with Gasteiger partial charge in [-0.15, -0.1) is 11.8 Å². The third-order valence-corrected chi connectivity index (χ3v) is 5.47. The van der Waals surface area contributed by atoms with Crippen molar-refractivity contribution in [2.24, 2.45) is 0 Å². The van der Waals surface area contributed by atoms with Gasteiger partial charge in [-0.1, -0.05) is 0 Å². The molecule has 0 saturated heterocycles. The minimum Gasteiger partial charge on any atom is -0.468 e.